The molecule has 1 aromatic rings. The Hall–Kier alpha value is -1.39. The number of hydrogen-bond acceptors (Lipinski definition) is 4. The molecule has 4 atom stereocenters. The van der Waals surface area contributed by atoms with Crippen molar-refractivity contribution in [3.8, 4) is 0 Å². The van der Waals surface area contributed by atoms with E-state index in [1.807, 2.05) is 18.1 Å². The van der Waals surface area contributed by atoms with E-state index in [0.717, 1.165) is 32.3 Å². The molecule has 3 aliphatic rings. The van der Waals surface area contributed by atoms with Crippen molar-refractivity contribution in [3.63, 3.8) is 0 Å². The highest BCUT2D eigenvalue weighted by Gasteiger charge is 2.69. The highest BCUT2D eigenvalue weighted by atomic mass is 16.7. The molecule has 3 fully saturated rings. The molecule has 4 rings (SSSR count). The van der Waals surface area contributed by atoms with Crippen molar-refractivity contribution in [2.75, 3.05) is 13.2 Å². The summed E-state index contributed by atoms with van der Waals surface area (Å²) in [4.78, 5) is 18.6. The molecule has 0 radical (unpaired) electrons. The fourth-order valence-electron chi connectivity index (χ4n) is 4.63. The van der Waals surface area contributed by atoms with Gasteiger partial charge >= 0.3 is 5.97 Å². The molecular formula is C17H21NO3. The number of carbonyl (C=O) groups excluding carboxylic acids is 1. The van der Waals surface area contributed by atoms with Crippen LogP contribution in [0.15, 0.2) is 30.3 Å². The van der Waals surface area contributed by atoms with Gasteiger partial charge in [0, 0.05) is 5.92 Å². The van der Waals surface area contributed by atoms with E-state index in [4.69, 9.17) is 9.57 Å². The van der Waals surface area contributed by atoms with Gasteiger partial charge in [-0.25, -0.2) is 4.79 Å². The predicted molar refractivity (Wildman–Crippen MR) is 77.2 cm³/mol. The van der Waals surface area contributed by atoms with Gasteiger partial charge in [0.25, 0.3) is 0 Å². The Morgan fingerprint density at radius 1 is 1.33 bits per heavy atom. The fourth-order valence-corrected chi connectivity index (χ4v) is 4.63. The third kappa shape index (κ3) is 1.55. The molecule has 3 aliphatic heterocycles. The smallest absolute Gasteiger partial charge is 0.328 e. The van der Waals surface area contributed by atoms with Crippen molar-refractivity contribution in [1.29, 1.82) is 0 Å². The number of hydroxylamine groups is 2. The number of ether oxygens (including phenoxy) is 1. The Bertz CT molecular complexity index is 560. The first-order valence-electron chi connectivity index (χ1n) is 7.90. The monoisotopic (exact) mass is 287 g/mol. The molecule has 0 saturated carbocycles. The van der Waals surface area contributed by atoms with Crippen molar-refractivity contribution >= 4 is 5.97 Å². The summed E-state index contributed by atoms with van der Waals surface area (Å²) >= 11 is 0. The molecule has 3 heterocycles. The Labute approximate surface area is 125 Å². The summed E-state index contributed by atoms with van der Waals surface area (Å²) < 4.78 is 5.37. The molecule has 4 nitrogen and oxygen atoms in total. The molecule has 3 saturated heterocycles. The van der Waals surface area contributed by atoms with Gasteiger partial charge in [0.1, 0.15) is 5.54 Å². The van der Waals surface area contributed by atoms with E-state index in [-0.39, 0.29) is 11.5 Å². The third-order valence-electron chi connectivity index (χ3n) is 5.59. The zero-order valence-electron chi connectivity index (χ0n) is 12.4. The van der Waals surface area contributed by atoms with Gasteiger partial charge in [0.2, 0.25) is 0 Å². The van der Waals surface area contributed by atoms with Crippen LogP contribution in [0.2, 0.25) is 0 Å². The largest absolute Gasteiger partial charge is 0.465 e. The van der Waals surface area contributed by atoms with Crippen LogP contribution in [0.3, 0.4) is 0 Å². The van der Waals surface area contributed by atoms with Gasteiger partial charge in [-0.2, -0.15) is 5.06 Å². The number of piperidine rings is 1. The number of esters is 1. The first-order valence-corrected chi connectivity index (χ1v) is 7.90. The summed E-state index contributed by atoms with van der Waals surface area (Å²) in [5.74, 6) is 0.369. The minimum atomic E-state index is -0.571. The summed E-state index contributed by atoms with van der Waals surface area (Å²) in [6, 6.07) is 10.5. The van der Waals surface area contributed by atoms with Crippen LogP contribution >= 0.6 is 0 Å². The lowest BCUT2D eigenvalue weighted by Gasteiger charge is -2.45. The molecule has 0 spiro atoms. The molecule has 4 bridgehead atoms. The van der Waals surface area contributed by atoms with E-state index in [1.54, 1.807) is 0 Å². The van der Waals surface area contributed by atoms with Crippen LogP contribution in [0.5, 0.6) is 0 Å². The van der Waals surface area contributed by atoms with Crippen molar-refractivity contribution in [2.45, 2.75) is 43.7 Å². The zero-order valence-corrected chi connectivity index (χ0v) is 12.4. The molecule has 21 heavy (non-hydrogen) atoms. The quantitative estimate of drug-likeness (QED) is 0.801. The van der Waals surface area contributed by atoms with Crippen LogP contribution in [-0.2, 0) is 19.9 Å². The molecular weight excluding hydrogens is 266 g/mol. The molecule has 1 aromatic carbocycles. The van der Waals surface area contributed by atoms with E-state index >= 15 is 0 Å². The van der Waals surface area contributed by atoms with Crippen LogP contribution in [0.4, 0.5) is 0 Å². The molecule has 4 heteroatoms. The molecule has 0 aliphatic carbocycles. The molecule has 0 N–H and O–H groups in total. The summed E-state index contributed by atoms with van der Waals surface area (Å²) in [6.07, 6.45) is 3.69. The van der Waals surface area contributed by atoms with E-state index in [9.17, 15) is 4.79 Å². The summed E-state index contributed by atoms with van der Waals surface area (Å²) in [6.45, 7) is 3.01. The van der Waals surface area contributed by atoms with Crippen LogP contribution in [0, 0.1) is 5.92 Å². The lowest BCUT2D eigenvalue weighted by molar-refractivity contribution is -0.227. The van der Waals surface area contributed by atoms with Gasteiger partial charge in [0.05, 0.1) is 18.8 Å². The molecule has 112 valence electrons. The van der Waals surface area contributed by atoms with E-state index in [1.165, 1.54) is 5.56 Å². The van der Waals surface area contributed by atoms with E-state index < -0.39 is 5.54 Å². The van der Waals surface area contributed by atoms with E-state index in [2.05, 4.69) is 24.3 Å². The third-order valence-corrected chi connectivity index (χ3v) is 5.59. The molecule has 0 amide bonds. The topological polar surface area (TPSA) is 38.8 Å². The van der Waals surface area contributed by atoms with Crippen molar-refractivity contribution in [1.82, 2.24) is 5.06 Å². The Morgan fingerprint density at radius 3 is 2.90 bits per heavy atom. The summed E-state index contributed by atoms with van der Waals surface area (Å²) in [5.41, 5.74) is 0.573. The summed E-state index contributed by atoms with van der Waals surface area (Å²) in [7, 11) is 0. The van der Waals surface area contributed by atoms with Gasteiger partial charge in [-0.3, -0.25) is 4.84 Å². The van der Waals surface area contributed by atoms with Crippen LogP contribution < -0.4 is 0 Å². The van der Waals surface area contributed by atoms with Crippen molar-refractivity contribution < 1.29 is 14.4 Å². The van der Waals surface area contributed by atoms with Gasteiger partial charge in [0.15, 0.2) is 0 Å². The molecule has 0 aromatic heterocycles. The van der Waals surface area contributed by atoms with Crippen molar-refractivity contribution in [3.05, 3.63) is 35.9 Å². The van der Waals surface area contributed by atoms with Crippen LogP contribution in [-0.4, -0.2) is 29.8 Å². The summed E-state index contributed by atoms with van der Waals surface area (Å²) in [5, 5.41) is 2.02. The van der Waals surface area contributed by atoms with Gasteiger partial charge < -0.3 is 4.74 Å². The van der Waals surface area contributed by atoms with E-state index in [0.29, 0.717) is 12.5 Å². The fraction of sp³-hybridized carbons (Fsp3) is 0.588. The zero-order chi connectivity index (χ0) is 14.5. The first kappa shape index (κ1) is 13.3. The van der Waals surface area contributed by atoms with Crippen molar-refractivity contribution in [2.24, 2.45) is 5.92 Å². The first-order chi connectivity index (χ1) is 10.2. The average molecular weight is 287 g/mol. The van der Waals surface area contributed by atoms with Gasteiger partial charge in [-0.05, 0) is 38.2 Å². The normalized spacial score (nSPS) is 40.2. The van der Waals surface area contributed by atoms with Crippen LogP contribution in [0.1, 0.15) is 38.2 Å². The lowest BCUT2D eigenvalue weighted by atomic mass is 9.74. The maximum atomic E-state index is 12.6. The Balaban J connectivity index is 1.79. The second kappa shape index (κ2) is 4.55. The Kier molecular flexibility index (Phi) is 2.88. The minimum Gasteiger partial charge on any atom is -0.465 e. The SMILES string of the molecule is CCOC(=O)[C@]12CCC3CON1[C@]3(c1ccccc1)CC2. The average Bonchev–Trinajstić information content (AvgIpc) is 2.90. The van der Waals surface area contributed by atoms with Crippen LogP contribution in [0.25, 0.3) is 0 Å². The van der Waals surface area contributed by atoms with Gasteiger partial charge in [-0.1, -0.05) is 30.3 Å². The standard InChI is InChI=1S/C17H21NO3/c1-2-20-15(19)16-9-8-14-12-21-18(16)17(14,11-10-16)13-6-4-3-5-7-13/h3-7,14H,2,8-12H2,1H3/t14?,16-,17+/m1/s1. The number of hydrogen-bond donors (Lipinski definition) is 0. The predicted octanol–water partition coefficient (Wildman–Crippen LogP) is 2.63. The number of benzene rings is 1. The number of nitrogens with zero attached hydrogens (tertiary/aromatic N) is 1. The highest BCUT2D eigenvalue weighted by Crippen LogP contribution is 2.62. The Morgan fingerprint density at radius 2 is 2.14 bits per heavy atom. The minimum absolute atomic E-state index is 0.108. The second-order valence-electron chi connectivity index (χ2n) is 6.37. The number of rotatable bonds is 3. The molecule has 2 unspecified atom stereocenters. The second-order valence-corrected chi connectivity index (χ2v) is 6.37. The lowest BCUT2D eigenvalue weighted by Crippen LogP contribution is -2.58. The number of carbonyl (C=O) groups is 1. The maximum absolute atomic E-state index is 12.6. The van der Waals surface area contributed by atoms with Gasteiger partial charge in [-0.15, -0.1) is 0 Å². The highest BCUT2D eigenvalue weighted by molar-refractivity contribution is 5.82. The maximum Gasteiger partial charge on any atom is 0.328 e.